The molecule has 2 N–H and O–H groups in total. The average molecular weight is 145 g/mol. The summed E-state index contributed by atoms with van der Waals surface area (Å²) >= 11 is 5.28. The van der Waals surface area contributed by atoms with Crippen LogP contribution in [0.4, 0.5) is 0 Å². The van der Waals surface area contributed by atoms with Crippen LogP contribution in [-0.2, 0) is 0 Å². The number of halogens is 2. The highest BCUT2D eigenvalue weighted by Crippen LogP contribution is 1.64. The van der Waals surface area contributed by atoms with Crippen LogP contribution in [0.1, 0.15) is 0 Å². The van der Waals surface area contributed by atoms with Gasteiger partial charge in [-0.25, -0.2) is 0 Å². The lowest BCUT2D eigenvalue weighted by atomic mass is 10.8. The van der Waals surface area contributed by atoms with Crippen LogP contribution in [0.3, 0.4) is 0 Å². The van der Waals surface area contributed by atoms with Gasteiger partial charge in [-0.1, -0.05) is 0 Å². The molecule has 0 rings (SSSR count). The largest absolute Gasteiger partial charge is 0.261 e. The van der Waals surface area contributed by atoms with Gasteiger partial charge in [-0.15, -0.1) is 24.0 Å². The Morgan fingerprint density at radius 3 is 2.29 bits per heavy atom. The molecule has 0 aromatic rings. The van der Waals surface area contributed by atoms with Crippen LogP contribution in [-0.4, -0.2) is 19.5 Å². The smallest absolute Gasteiger partial charge is 0.0362 e. The third kappa shape index (κ3) is 10.7. The van der Waals surface area contributed by atoms with E-state index in [2.05, 4.69) is 10.9 Å². The summed E-state index contributed by atoms with van der Waals surface area (Å²) in [5.41, 5.74) is 5.55. The maximum atomic E-state index is 5.28. The van der Waals surface area contributed by atoms with Gasteiger partial charge in [-0.2, -0.15) is 0 Å². The van der Waals surface area contributed by atoms with E-state index < -0.39 is 0 Å². The van der Waals surface area contributed by atoms with E-state index in [1.807, 2.05) is 7.05 Å². The quantitative estimate of drug-likeness (QED) is 0.340. The van der Waals surface area contributed by atoms with E-state index in [1.165, 1.54) is 0 Å². The molecule has 0 aromatic carbocycles. The summed E-state index contributed by atoms with van der Waals surface area (Å²) in [4.78, 5) is 0. The summed E-state index contributed by atoms with van der Waals surface area (Å²) < 4.78 is 0. The van der Waals surface area contributed by atoms with Gasteiger partial charge in [-0.3, -0.25) is 10.9 Å². The number of hydrazine groups is 1. The molecule has 0 bridgehead atoms. The second-order valence-corrected chi connectivity index (χ2v) is 1.24. The van der Waals surface area contributed by atoms with E-state index in [-0.39, 0.29) is 12.4 Å². The summed E-state index contributed by atoms with van der Waals surface area (Å²) in [7, 11) is 1.81. The van der Waals surface area contributed by atoms with Gasteiger partial charge < -0.3 is 0 Å². The molecule has 0 radical (unpaired) electrons. The van der Waals surface area contributed by atoms with E-state index in [0.717, 1.165) is 6.54 Å². The van der Waals surface area contributed by atoms with Crippen LogP contribution >= 0.6 is 24.0 Å². The summed E-state index contributed by atoms with van der Waals surface area (Å²) in [5, 5.41) is 0. The van der Waals surface area contributed by atoms with Crippen LogP contribution in [0.5, 0.6) is 0 Å². The van der Waals surface area contributed by atoms with Crippen molar-refractivity contribution < 1.29 is 0 Å². The van der Waals surface area contributed by atoms with Crippen LogP contribution in [0.15, 0.2) is 0 Å². The molecule has 0 fully saturated rings. The standard InChI is InChI=1S/C3H9ClN2.ClH/c1-5-6-3-2-4;/h5-6H,2-3H2,1H3;1H. The fraction of sp³-hybridized carbons (Fsp3) is 1.00. The second-order valence-electron chi connectivity index (χ2n) is 0.866. The fourth-order valence-corrected chi connectivity index (χ4v) is 0.267. The van der Waals surface area contributed by atoms with Gasteiger partial charge in [-0.05, 0) is 7.05 Å². The van der Waals surface area contributed by atoms with Crippen molar-refractivity contribution in [3.05, 3.63) is 0 Å². The van der Waals surface area contributed by atoms with Gasteiger partial charge in [0.15, 0.2) is 0 Å². The molecular formula is C3H10Cl2N2. The number of hydrogen-bond acceptors (Lipinski definition) is 2. The Balaban J connectivity index is 0. The number of alkyl halides is 1. The molecule has 0 atom stereocenters. The molecule has 2 nitrogen and oxygen atoms in total. The minimum atomic E-state index is 0. The molecule has 0 heterocycles. The molecule has 0 spiro atoms. The number of hydrogen-bond donors (Lipinski definition) is 2. The monoisotopic (exact) mass is 144 g/mol. The van der Waals surface area contributed by atoms with Gasteiger partial charge in [0.25, 0.3) is 0 Å². The van der Waals surface area contributed by atoms with Crippen LogP contribution in [0, 0.1) is 0 Å². The Bertz CT molecular complexity index is 22.9. The lowest BCUT2D eigenvalue weighted by molar-refractivity contribution is 0.626. The highest BCUT2D eigenvalue weighted by Gasteiger charge is 1.71. The maximum absolute atomic E-state index is 5.28. The minimum Gasteiger partial charge on any atom is -0.261 e. The molecule has 7 heavy (non-hydrogen) atoms. The molecular weight excluding hydrogens is 135 g/mol. The third-order valence-corrected chi connectivity index (χ3v) is 0.585. The van der Waals surface area contributed by atoms with E-state index >= 15 is 0 Å². The lowest BCUT2D eigenvalue weighted by Gasteiger charge is -1.93. The molecule has 0 saturated carbocycles. The first-order chi connectivity index (χ1) is 2.91. The Hall–Kier alpha value is 0.500. The number of nitrogens with one attached hydrogen (secondary N) is 2. The molecule has 0 saturated heterocycles. The number of rotatable bonds is 3. The Kier molecular flexibility index (Phi) is 14.5. The summed E-state index contributed by atoms with van der Waals surface area (Å²) in [5.74, 6) is 0.654. The van der Waals surface area contributed by atoms with Crippen molar-refractivity contribution in [3.63, 3.8) is 0 Å². The molecule has 0 unspecified atom stereocenters. The fourth-order valence-electron chi connectivity index (χ4n) is 0.172. The van der Waals surface area contributed by atoms with Crippen LogP contribution in [0.25, 0.3) is 0 Å². The highest BCUT2D eigenvalue weighted by molar-refractivity contribution is 6.18. The second kappa shape index (κ2) is 9.71. The van der Waals surface area contributed by atoms with E-state index in [9.17, 15) is 0 Å². The van der Waals surface area contributed by atoms with Crippen molar-refractivity contribution in [2.75, 3.05) is 19.5 Å². The first-order valence-corrected chi connectivity index (χ1v) is 2.41. The normalized spacial score (nSPS) is 7.71. The zero-order chi connectivity index (χ0) is 4.83. The Labute approximate surface area is 55.0 Å². The third-order valence-electron chi connectivity index (χ3n) is 0.396. The van der Waals surface area contributed by atoms with Crippen molar-refractivity contribution in [1.29, 1.82) is 0 Å². The van der Waals surface area contributed by atoms with Crippen molar-refractivity contribution in [3.8, 4) is 0 Å². The van der Waals surface area contributed by atoms with Crippen LogP contribution < -0.4 is 10.9 Å². The van der Waals surface area contributed by atoms with Gasteiger partial charge >= 0.3 is 0 Å². The maximum Gasteiger partial charge on any atom is 0.0362 e. The zero-order valence-electron chi connectivity index (χ0n) is 4.20. The van der Waals surface area contributed by atoms with Crippen molar-refractivity contribution in [2.45, 2.75) is 0 Å². The van der Waals surface area contributed by atoms with E-state index in [4.69, 9.17) is 11.6 Å². The Morgan fingerprint density at radius 2 is 2.14 bits per heavy atom. The van der Waals surface area contributed by atoms with E-state index in [1.54, 1.807) is 0 Å². The molecule has 0 aromatic heterocycles. The molecule has 46 valence electrons. The van der Waals surface area contributed by atoms with E-state index in [0.29, 0.717) is 5.88 Å². The van der Waals surface area contributed by atoms with Gasteiger partial charge in [0.1, 0.15) is 0 Å². The first kappa shape index (κ1) is 10.5. The van der Waals surface area contributed by atoms with Crippen LogP contribution in [0.2, 0.25) is 0 Å². The summed E-state index contributed by atoms with van der Waals surface area (Å²) in [6, 6.07) is 0. The molecule has 0 aliphatic carbocycles. The van der Waals surface area contributed by atoms with Crippen molar-refractivity contribution >= 4 is 24.0 Å². The highest BCUT2D eigenvalue weighted by atomic mass is 35.5. The molecule has 0 aliphatic rings. The predicted molar refractivity (Wildman–Crippen MR) is 35.0 cm³/mol. The average Bonchev–Trinajstić information content (AvgIpc) is 1.61. The minimum absolute atomic E-state index is 0. The molecule has 4 heteroatoms. The lowest BCUT2D eigenvalue weighted by Crippen LogP contribution is -2.28. The zero-order valence-corrected chi connectivity index (χ0v) is 5.77. The molecule has 0 aliphatic heterocycles. The van der Waals surface area contributed by atoms with Crippen molar-refractivity contribution in [2.24, 2.45) is 0 Å². The SMILES string of the molecule is CNNCCCl.Cl. The van der Waals surface area contributed by atoms with Gasteiger partial charge in [0, 0.05) is 12.4 Å². The Morgan fingerprint density at radius 1 is 1.57 bits per heavy atom. The van der Waals surface area contributed by atoms with Gasteiger partial charge in [0.05, 0.1) is 0 Å². The first-order valence-electron chi connectivity index (χ1n) is 1.87. The topological polar surface area (TPSA) is 24.1 Å². The predicted octanol–water partition coefficient (Wildman–Crippen LogP) is 0.371. The molecule has 0 amide bonds. The summed E-state index contributed by atoms with van der Waals surface area (Å²) in [6.45, 7) is 0.818. The van der Waals surface area contributed by atoms with Crippen molar-refractivity contribution in [1.82, 2.24) is 10.9 Å². The summed E-state index contributed by atoms with van der Waals surface area (Å²) in [6.07, 6.45) is 0. The van der Waals surface area contributed by atoms with Gasteiger partial charge in [0.2, 0.25) is 0 Å².